The van der Waals surface area contributed by atoms with E-state index in [1.807, 2.05) is 11.0 Å². The lowest BCUT2D eigenvalue weighted by atomic mass is 9.93. The molecule has 2 aliphatic rings. The number of pyridine rings is 1. The van der Waals surface area contributed by atoms with Crippen LogP contribution in [0.4, 0.5) is 0 Å². The van der Waals surface area contributed by atoms with Crippen molar-refractivity contribution in [3.8, 4) is 0 Å². The highest BCUT2D eigenvalue weighted by atomic mass is 79.9. The van der Waals surface area contributed by atoms with Gasteiger partial charge in [0.05, 0.1) is 18.7 Å². The van der Waals surface area contributed by atoms with E-state index in [0.717, 1.165) is 28.3 Å². The van der Waals surface area contributed by atoms with Gasteiger partial charge < -0.3 is 14.6 Å². The molecule has 5 rings (SSSR count). The summed E-state index contributed by atoms with van der Waals surface area (Å²) < 4.78 is 7.10. The number of hydrogen-bond acceptors (Lipinski definition) is 3. The van der Waals surface area contributed by atoms with Crippen molar-refractivity contribution in [2.24, 2.45) is 0 Å². The molecule has 1 aliphatic carbocycles. The standard InChI is InChI=1S/C20H18BrN3O2/c21-14-9-15-16(11-23-18(15)22-10-14)19(25)24-7-8-26-20(12-24)6-5-13-3-1-2-4-17(13)20/h1-4,9-11H,5-8,12H2,(H,22,23). The van der Waals surface area contributed by atoms with E-state index in [2.05, 4.69) is 50.2 Å². The molecule has 3 aromatic rings. The quantitative estimate of drug-likeness (QED) is 0.664. The minimum atomic E-state index is -0.366. The summed E-state index contributed by atoms with van der Waals surface area (Å²) in [6.07, 6.45) is 5.42. The van der Waals surface area contributed by atoms with Crippen molar-refractivity contribution in [2.45, 2.75) is 18.4 Å². The maximum atomic E-state index is 13.2. The van der Waals surface area contributed by atoms with Gasteiger partial charge in [0.15, 0.2) is 0 Å². The van der Waals surface area contributed by atoms with Crippen molar-refractivity contribution < 1.29 is 9.53 Å². The van der Waals surface area contributed by atoms with Gasteiger partial charge in [-0.25, -0.2) is 4.98 Å². The molecule has 1 spiro atoms. The second-order valence-corrected chi connectivity index (χ2v) is 7.89. The number of nitrogens with one attached hydrogen (secondary N) is 1. The fourth-order valence-corrected chi connectivity index (χ4v) is 4.58. The predicted molar refractivity (Wildman–Crippen MR) is 102 cm³/mol. The molecular formula is C20H18BrN3O2. The van der Waals surface area contributed by atoms with Crippen molar-refractivity contribution >= 4 is 32.9 Å². The number of aromatic amines is 1. The number of halogens is 1. The van der Waals surface area contributed by atoms with Crippen LogP contribution in [0.2, 0.25) is 0 Å². The van der Waals surface area contributed by atoms with Gasteiger partial charge in [0.2, 0.25) is 0 Å². The molecule has 0 radical (unpaired) electrons. The van der Waals surface area contributed by atoms with Gasteiger partial charge in [-0.05, 0) is 46.0 Å². The first kappa shape index (κ1) is 16.0. The fraction of sp³-hybridized carbons (Fsp3) is 0.300. The maximum absolute atomic E-state index is 13.2. The van der Waals surface area contributed by atoms with Gasteiger partial charge in [-0.15, -0.1) is 0 Å². The second kappa shape index (κ2) is 5.93. The zero-order valence-electron chi connectivity index (χ0n) is 14.2. The summed E-state index contributed by atoms with van der Waals surface area (Å²) in [5.74, 6) is 0.0307. The number of ether oxygens (including phenoxy) is 1. The van der Waals surface area contributed by atoms with E-state index < -0.39 is 0 Å². The molecule has 3 heterocycles. The molecule has 1 amide bonds. The summed E-state index contributed by atoms with van der Waals surface area (Å²) in [7, 11) is 0. The van der Waals surface area contributed by atoms with Crippen LogP contribution >= 0.6 is 15.9 Å². The van der Waals surface area contributed by atoms with E-state index in [1.165, 1.54) is 11.1 Å². The summed E-state index contributed by atoms with van der Waals surface area (Å²) in [6, 6.07) is 10.4. The Hall–Kier alpha value is -2.18. The predicted octanol–water partition coefficient (Wildman–Crippen LogP) is 3.64. The lowest BCUT2D eigenvalue weighted by molar-refractivity contribution is -0.103. The molecule has 26 heavy (non-hydrogen) atoms. The van der Waals surface area contributed by atoms with Gasteiger partial charge in [0.1, 0.15) is 11.2 Å². The summed E-state index contributed by atoms with van der Waals surface area (Å²) >= 11 is 3.44. The van der Waals surface area contributed by atoms with E-state index in [1.54, 1.807) is 12.4 Å². The number of carbonyl (C=O) groups excluding carboxylic acids is 1. The van der Waals surface area contributed by atoms with Crippen LogP contribution < -0.4 is 0 Å². The Kier molecular flexibility index (Phi) is 3.65. The number of rotatable bonds is 1. The first-order chi connectivity index (χ1) is 12.7. The van der Waals surface area contributed by atoms with Crippen LogP contribution in [0.1, 0.15) is 27.9 Å². The average Bonchev–Trinajstić information content (AvgIpc) is 3.23. The Morgan fingerprint density at radius 3 is 3.15 bits per heavy atom. The Morgan fingerprint density at radius 2 is 2.23 bits per heavy atom. The summed E-state index contributed by atoms with van der Waals surface area (Å²) in [6.45, 7) is 1.76. The van der Waals surface area contributed by atoms with E-state index in [-0.39, 0.29) is 11.5 Å². The number of morpholine rings is 1. The zero-order valence-corrected chi connectivity index (χ0v) is 15.8. The number of fused-ring (bicyclic) bond motifs is 3. The third-order valence-corrected chi connectivity index (χ3v) is 5.94. The smallest absolute Gasteiger partial charge is 0.256 e. The first-order valence-corrected chi connectivity index (χ1v) is 9.60. The van der Waals surface area contributed by atoms with Crippen LogP contribution in [0.15, 0.2) is 47.2 Å². The molecule has 2 aromatic heterocycles. The third kappa shape index (κ3) is 2.40. The van der Waals surface area contributed by atoms with Gasteiger partial charge in [0, 0.05) is 28.8 Å². The Balaban J connectivity index is 1.49. The highest BCUT2D eigenvalue weighted by molar-refractivity contribution is 9.10. The van der Waals surface area contributed by atoms with Crippen molar-refractivity contribution in [1.82, 2.24) is 14.9 Å². The molecular weight excluding hydrogens is 394 g/mol. The monoisotopic (exact) mass is 411 g/mol. The molecule has 6 heteroatoms. The molecule has 0 saturated carbocycles. The average molecular weight is 412 g/mol. The molecule has 0 bridgehead atoms. The Labute approximate surface area is 159 Å². The molecule has 1 fully saturated rings. The minimum absolute atomic E-state index is 0.0307. The first-order valence-electron chi connectivity index (χ1n) is 8.81. The lowest BCUT2D eigenvalue weighted by Crippen LogP contribution is -2.51. The van der Waals surface area contributed by atoms with Gasteiger partial charge >= 0.3 is 0 Å². The Morgan fingerprint density at radius 1 is 1.35 bits per heavy atom. The molecule has 1 unspecified atom stereocenters. The molecule has 1 N–H and O–H groups in total. The molecule has 1 aromatic carbocycles. The number of H-pyrrole nitrogens is 1. The number of carbonyl (C=O) groups is 1. The van der Waals surface area contributed by atoms with E-state index >= 15 is 0 Å². The van der Waals surface area contributed by atoms with Crippen LogP contribution in [0.5, 0.6) is 0 Å². The molecule has 132 valence electrons. The van der Waals surface area contributed by atoms with Crippen molar-refractivity contribution in [3.05, 3.63) is 63.9 Å². The minimum Gasteiger partial charge on any atom is -0.367 e. The number of hydrogen-bond donors (Lipinski definition) is 1. The number of aromatic nitrogens is 2. The largest absolute Gasteiger partial charge is 0.367 e. The van der Waals surface area contributed by atoms with Crippen LogP contribution in [0.3, 0.4) is 0 Å². The fourth-order valence-electron chi connectivity index (χ4n) is 4.25. The van der Waals surface area contributed by atoms with E-state index in [9.17, 15) is 4.79 Å². The normalized spacial score (nSPS) is 22.1. The van der Waals surface area contributed by atoms with Crippen LogP contribution in [0.25, 0.3) is 11.0 Å². The second-order valence-electron chi connectivity index (χ2n) is 6.98. The highest BCUT2D eigenvalue weighted by Gasteiger charge is 2.44. The topological polar surface area (TPSA) is 58.2 Å². The number of amides is 1. The van der Waals surface area contributed by atoms with Gasteiger partial charge in [-0.3, -0.25) is 4.79 Å². The van der Waals surface area contributed by atoms with Crippen LogP contribution in [0, 0.1) is 0 Å². The molecule has 5 nitrogen and oxygen atoms in total. The van der Waals surface area contributed by atoms with Gasteiger partial charge in [0.25, 0.3) is 5.91 Å². The molecule has 1 atom stereocenters. The molecule has 1 saturated heterocycles. The Bertz CT molecular complexity index is 1010. The van der Waals surface area contributed by atoms with Crippen LogP contribution in [-0.2, 0) is 16.8 Å². The summed E-state index contributed by atoms with van der Waals surface area (Å²) in [5.41, 5.74) is 3.60. The zero-order chi connectivity index (χ0) is 17.7. The lowest BCUT2D eigenvalue weighted by Gasteiger charge is -2.41. The number of benzene rings is 1. The third-order valence-electron chi connectivity index (χ3n) is 5.51. The summed E-state index contributed by atoms with van der Waals surface area (Å²) in [5, 5.41) is 0.844. The SMILES string of the molecule is O=C(c1c[nH]c2ncc(Br)cc12)N1CCOC2(CCc3ccccc32)C1. The van der Waals surface area contributed by atoms with Gasteiger partial charge in [-0.2, -0.15) is 0 Å². The van der Waals surface area contributed by atoms with Crippen molar-refractivity contribution in [2.75, 3.05) is 19.7 Å². The van der Waals surface area contributed by atoms with E-state index in [4.69, 9.17) is 4.74 Å². The highest BCUT2D eigenvalue weighted by Crippen LogP contribution is 2.42. The van der Waals surface area contributed by atoms with Crippen molar-refractivity contribution in [3.63, 3.8) is 0 Å². The van der Waals surface area contributed by atoms with Crippen LogP contribution in [-0.4, -0.2) is 40.5 Å². The number of aryl methyl sites for hydroxylation is 1. The molecule has 1 aliphatic heterocycles. The van der Waals surface area contributed by atoms with Crippen molar-refractivity contribution in [1.29, 1.82) is 0 Å². The van der Waals surface area contributed by atoms with Gasteiger partial charge in [-0.1, -0.05) is 24.3 Å². The summed E-state index contributed by atoms with van der Waals surface area (Å²) in [4.78, 5) is 22.6. The maximum Gasteiger partial charge on any atom is 0.256 e. The van der Waals surface area contributed by atoms with E-state index in [0.29, 0.717) is 25.3 Å². The number of nitrogens with zero attached hydrogens (tertiary/aromatic N) is 2.